The van der Waals surface area contributed by atoms with Crippen molar-refractivity contribution in [2.24, 2.45) is 0 Å². The number of hydrogen-bond acceptors (Lipinski definition) is 4. The maximum Gasteiger partial charge on any atom is 0.280 e. The quantitative estimate of drug-likeness (QED) is 0.726. The summed E-state index contributed by atoms with van der Waals surface area (Å²) in [7, 11) is 0. The lowest BCUT2D eigenvalue weighted by molar-refractivity contribution is -0.126. The standard InChI is InChI=1S/C21H16N2O4/c1-13-5-2-8-15(11-13)27-12-18(24)22-23-20(25)16-9-3-6-14-7-4-10-17(19(14)16)21(23)26/h2-11H,12H2,1H3,(H,22,24). The van der Waals surface area contributed by atoms with Crippen LogP contribution in [0.1, 0.15) is 26.3 Å². The fourth-order valence-electron chi connectivity index (χ4n) is 3.14. The summed E-state index contributed by atoms with van der Waals surface area (Å²) >= 11 is 0. The van der Waals surface area contributed by atoms with Crippen LogP contribution in [-0.2, 0) is 4.79 Å². The van der Waals surface area contributed by atoms with Gasteiger partial charge in [0.1, 0.15) is 5.75 Å². The molecule has 1 aliphatic heterocycles. The van der Waals surface area contributed by atoms with Gasteiger partial charge in [-0.15, -0.1) is 0 Å². The Labute approximate surface area is 155 Å². The normalized spacial score (nSPS) is 13.0. The molecule has 0 fully saturated rings. The van der Waals surface area contributed by atoms with E-state index in [1.54, 1.807) is 36.4 Å². The first-order valence-corrected chi connectivity index (χ1v) is 8.44. The van der Waals surface area contributed by atoms with E-state index in [2.05, 4.69) is 5.43 Å². The van der Waals surface area contributed by atoms with Crippen molar-refractivity contribution in [3.63, 3.8) is 0 Å². The number of nitrogens with zero attached hydrogens (tertiary/aromatic N) is 1. The van der Waals surface area contributed by atoms with Gasteiger partial charge in [0.2, 0.25) is 0 Å². The van der Waals surface area contributed by atoms with E-state index >= 15 is 0 Å². The van der Waals surface area contributed by atoms with Crippen LogP contribution in [-0.4, -0.2) is 29.3 Å². The molecule has 0 aliphatic carbocycles. The number of ether oxygens (including phenoxy) is 1. The summed E-state index contributed by atoms with van der Waals surface area (Å²) in [6, 6.07) is 17.7. The second-order valence-corrected chi connectivity index (χ2v) is 6.30. The molecule has 1 aliphatic rings. The van der Waals surface area contributed by atoms with Gasteiger partial charge in [0.05, 0.1) is 11.1 Å². The van der Waals surface area contributed by atoms with Crippen molar-refractivity contribution in [3.05, 3.63) is 77.4 Å². The summed E-state index contributed by atoms with van der Waals surface area (Å²) in [5.41, 5.74) is 4.11. The molecule has 0 radical (unpaired) electrons. The number of nitrogens with one attached hydrogen (secondary N) is 1. The highest BCUT2D eigenvalue weighted by molar-refractivity contribution is 6.25. The van der Waals surface area contributed by atoms with Gasteiger partial charge in [0, 0.05) is 5.39 Å². The molecule has 3 aromatic rings. The van der Waals surface area contributed by atoms with E-state index in [4.69, 9.17) is 4.74 Å². The monoisotopic (exact) mass is 360 g/mol. The van der Waals surface area contributed by atoms with Crippen LogP contribution >= 0.6 is 0 Å². The Morgan fingerprint density at radius 3 is 2.22 bits per heavy atom. The highest BCUT2D eigenvalue weighted by Crippen LogP contribution is 2.29. The van der Waals surface area contributed by atoms with Gasteiger partial charge in [-0.25, -0.2) is 0 Å². The molecule has 6 heteroatoms. The van der Waals surface area contributed by atoms with Gasteiger partial charge < -0.3 is 4.74 Å². The molecule has 3 amide bonds. The number of carbonyl (C=O) groups excluding carboxylic acids is 3. The average molecular weight is 360 g/mol. The molecule has 6 nitrogen and oxygen atoms in total. The number of hydrogen-bond donors (Lipinski definition) is 1. The van der Waals surface area contributed by atoms with E-state index in [0.717, 1.165) is 16.0 Å². The van der Waals surface area contributed by atoms with Gasteiger partial charge in [-0.1, -0.05) is 36.4 Å². The third kappa shape index (κ3) is 3.01. The van der Waals surface area contributed by atoms with Crippen molar-refractivity contribution in [1.82, 2.24) is 10.4 Å². The van der Waals surface area contributed by atoms with E-state index in [0.29, 0.717) is 22.3 Å². The second kappa shape index (κ2) is 6.57. The Bertz CT molecular complexity index is 1040. The van der Waals surface area contributed by atoms with Crippen LogP contribution in [0.4, 0.5) is 0 Å². The highest BCUT2D eigenvalue weighted by Gasteiger charge is 2.34. The van der Waals surface area contributed by atoms with E-state index in [1.165, 1.54) is 0 Å². The van der Waals surface area contributed by atoms with Gasteiger partial charge >= 0.3 is 0 Å². The van der Waals surface area contributed by atoms with Crippen LogP contribution in [0.5, 0.6) is 5.75 Å². The first-order chi connectivity index (χ1) is 13.0. The molecule has 1 heterocycles. The third-order valence-electron chi connectivity index (χ3n) is 4.37. The zero-order valence-corrected chi connectivity index (χ0v) is 14.6. The van der Waals surface area contributed by atoms with Crippen LogP contribution in [0.3, 0.4) is 0 Å². The first-order valence-electron chi connectivity index (χ1n) is 8.44. The van der Waals surface area contributed by atoms with E-state index in [9.17, 15) is 14.4 Å². The number of imide groups is 1. The van der Waals surface area contributed by atoms with Crippen molar-refractivity contribution in [3.8, 4) is 5.75 Å². The molecular formula is C21H16N2O4. The van der Waals surface area contributed by atoms with Crippen LogP contribution in [0.15, 0.2) is 60.7 Å². The number of hydrazine groups is 1. The summed E-state index contributed by atoms with van der Waals surface area (Å²) < 4.78 is 5.43. The van der Waals surface area contributed by atoms with Gasteiger partial charge in [0.25, 0.3) is 17.7 Å². The maximum atomic E-state index is 12.7. The second-order valence-electron chi connectivity index (χ2n) is 6.30. The molecule has 0 atom stereocenters. The highest BCUT2D eigenvalue weighted by atomic mass is 16.5. The predicted molar refractivity (Wildman–Crippen MR) is 99.3 cm³/mol. The Morgan fingerprint density at radius 2 is 1.59 bits per heavy atom. The zero-order valence-electron chi connectivity index (χ0n) is 14.6. The molecule has 0 aromatic heterocycles. The SMILES string of the molecule is Cc1cccc(OCC(=O)NN2C(=O)c3cccc4cccc(c34)C2=O)c1. The van der Waals surface area contributed by atoms with Crippen molar-refractivity contribution in [1.29, 1.82) is 0 Å². The summed E-state index contributed by atoms with van der Waals surface area (Å²) in [6.07, 6.45) is 0. The number of aryl methyl sites for hydroxylation is 1. The molecule has 0 unspecified atom stereocenters. The molecule has 0 spiro atoms. The third-order valence-corrected chi connectivity index (χ3v) is 4.37. The Hall–Kier alpha value is -3.67. The molecular weight excluding hydrogens is 344 g/mol. The van der Waals surface area contributed by atoms with E-state index < -0.39 is 17.7 Å². The lowest BCUT2D eigenvalue weighted by atomic mass is 9.95. The number of benzene rings is 3. The average Bonchev–Trinajstić information content (AvgIpc) is 2.67. The fraction of sp³-hybridized carbons (Fsp3) is 0.0952. The molecule has 1 N–H and O–H groups in total. The number of carbonyl (C=O) groups is 3. The van der Waals surface area contributed by atoms with Crippen molar-refractivity contribution < 1.29 is 19.1 Å². The summed E-state index contributed by atoms with van der Waals surface area (Å²) in [5.74, 6) is -1.18. The Kier molecular flexibility index (Phi) is 4.08. The summed E-state index contributed by atoms with van der Waals surface area (Å²) in [6.45, 7) is 1.60. The minimum Gasteiger partial charge on any atom is -0.484 e. The van der Waals surface area contributed by atoms with Crippen LogP contribution in [0.25, 0.3) is 10.8 Å². The molecule has 27 heavy (non-hydrogen) atoms. The minimum atomic E-state index is -0.593. The topological polar surface area (TPSA) is 75.7 Å². The molecule has 0 saturated carbocycles. The summed E-state index contributed by atoms with van der Waals surface area (Å²) in [4.78, 5) is 37.7. The van der Waals surface area contributed by atoms with E-state index in [1.807, 2.05) is 31.2 Å². The maximum absolute atomic E-state index is 12.7. The lowest BCUT2D eigenvalue weighted by Gasteiger charge is -2.27. The number of amides is 3. The van der Waals surface area contributed by atoms with Crippen molar-refractivity contribution >= 4 is 28.5 Å². The molecule has 4 rings (SSSR count). The molecule has 3 aromatic carbocycles. The van der Waals surface area contributed by atoms with Gasteiger partial charge in [-0.05, 0) is 42.1 Å². The summed E-state index contributed by atoms with van der Waals surface area (Å²) in [5, 5.41) is 2.16. The molecule has 0 saturated heterocycles. The Balaban J connectivity index is 1.54. The van der Waals surface area contributed by atoms with Crippen LogP contribution in [0.2, 0.25) is 0 Å². The zero-order chi connectivity index (χ0) is 19.0. The largest absolute Gasteiger partial charge is 0.484 e. The van der Waals surface area contributed by atoms with Crippen molar-refractivity contribution in [2.75, 3.05) is 6.61 Å². The van der Waals surface area contributed by atoms with Gasteiger partial charge in [0.15, 0.2) is 6.61 Å². The van der Waals surface area contributed by atoms with Crippen LogP contribution in [0, 0.1) is 6.92 Å². The van der Waals surface area contributed by atoms with Gasteiger partial charge in [-0.2, -0.15) is 5.01 Å². The first kappa shape index (κ1) is 16.8. The molecule has 134 valence electrons. The van der Waals surface area contributed by atoms with Gasteiger partial charge in [-0.3, -0.25) is 19.8 Å². The smallest absolute Gasteiger partial charge is 0.280 e. The fourth-order valence-corrected chi connectivity index (χ4v) is 3.14. The number of rotatable bonds is 4. The van der Waals surface area contributed by atoms with E-state index in [-0.39, 0.29) is 6.61 Å². The molecule has 0 bridgehead atoms. The minimum absolute atomic E-state index is 0.313. The predicted octanol–water partition coefficient (Wildman–Crippen LogP) is 2.85. The van der Waals surface area contributed by atoms with Crippen LogP contribution < -0.4 is 10.2 Å². The lowest BCUT2D eigenvalue weighted by Crippen LogP contribution is -2.52. The Morgan fingerprint density at radius 1 is 0.963 bits per heavy atom. The van der Waals surface area contributed by atoms with Crippen molar-refractivity contribution in [2.45, 2.75) is 6.92 Å².